The van der Waals surface area contributed by atoms with E-state index in [0.29, 0.717) is 29.5 Å². The summed E-state index contributed by atoms with van der Waals surface area (Å²) in [6.07, 6.45) is -3.65. The maximum atomic E-state index is 13.8. The molecular weight excluding hydrogens is 533 g/mol. The van der Waals surface area contributed by atoms with Gasteiger partial charge in [0.2, 0.25) is 11.8 Å². The number of hydrogen-bond acceptors (Lipinski definition) is 6. The van der Waals surface area contributed by atoms with Crippen LogP contribution in [0.15, 0.2) is 30.3 Å². The Morgan fingerprint density at radius 3 is 2.72 bits per heavy atom. The number of alkyl halides is 3. The molecule has 2 amide bonds. The molecule has 1 N–H and O–H groups in total. The zero-order valence-electron chi connectivity index (χ0n) is 21.9. The Labute approximate surface area is 230 Å². The maximum Gasteiger partial charge on any atom is 0.416 e. The van der Waals surface area contributed by atoms with Gasteiger partial charge in [0.1, 0.15) is 11.9 Å². The highest BCUT2D eigenvalue weighted by Gasteiger charge is 2.41. The fraction of sp³-hybridized carbons (Fsp3) is 0.481. The highest BCUT2D eigenvalue weighted by Crippen LogP contribution is 2.39. The Morgan fingerprint density at radius 1 is 1.28 bits per heavy atom. The number of nitrogens with one attached hydrogen (secondary N) is 1. The molecule has 0 aliphatic carbocycles. The Morgan fingerprint density at radius 2 is 2.03 bits per heavy atom. The SMILES string of the molecule is Cc1cc(C(F)(F)F)cc(N2C(=O)CCC2C(=O)N(C)c2cccc(Cl)c2N(C)CC2CCNCC2C#N)n1. The van der Waals surface area contributed by atoms with Crippen molar-refractivity contribution >= 4 is 40.6 Å². The zero-order valence-corrected chi connectivity index (χ0v) is 22.7. The van der Waals surface area contributed by atoms with Crippen LogP contribution in [0.25, 0.3) is 0 Å². The average Bonchev–Trinajstić information content (AvgIpc) is 3.28. The van der Waals surface area contributed by atoms with Crippen molar-refractivity contribution in [3.05, 3.63) is 46.6 Å². The first-order valence-corrected chi connectivity index (χ1v) is 13.1. The lowest BCUT2D eigenvalue weighted by atomic mass is 9.87. The molecule has 2 aromatic rings. The normalized spacial score (nSPS) is 21.5. The van der Waals surface area contributed by atoms with E-state index in [0.717, 1.165) is 30.0 Å². The maximum absolute atomic E-state index is 13.8. The molecule has 208 valence electrons. The summed E-state index contributed by atoms with van der Waals surface area (Å²) < 4.78 is 40.4. The summed E-state index contributed by atoms with van der Waals surface area (Å²) in [6.45, 7) is 3.37. The fourth-order valence-electron chi connectivity index (χ4n) is 5.36. The number of carbonyl (C=O) groups excluding carboxylic acids is 2. The molecule has 3 unspecified atom stereocenters. The summed E-state index contributed by atoms with van der Waals surface area (Å²) in [7, 11) is 3.40. The quantitative estimate of drug-likeness (QED) is 0.561. The third-order valence-corrected chi connectivity index (χ3v) is 7.65. The number of aromatic nitrogens is 1. The first-order chi connectivity index (χ1) is 18.4. The molecule has 2 aliphatic rings. The van der Waals surface area contributed by atoms with Crippen LogP contribution in [0.3, 0.4) is 0 Å². The Bertz CT molecular complexity index is 1300. The number of anilines is 3. The second kappa shape index (κ2) is 11.4. The summed E-state index contributed by atoms with van der Waals surface area (Å²) in [5.41, 5.74) is 0.238. The second-order valence-electron chi connectivity index (χ2n) is 10.0. The Hall–Kier alpha value is -3.36. The molecule has 2 aliphatic heterocycles. The number of benzene rings is 1. The third-order valence-electron chi connectivity index (χ3n) is 7.35. The van der Waals surface area contributed by atoms with Gasteiger partial charge in [0, 0.05) is 39.3 Å². The van der Waals surface area contributed by atoms with Gasteiger partial charge in [-0.3, -0.25) is 14.5 Å². The van der Waals surface area contributed by atoms with Crippen molar-refractivity contribution in [3.8, 4) is 6.07 Å². The van der Waals surface area contributed by atoms with Gasteiger partial charge in [-0.1, -0.05) is 17.7 Å². The third kappa shape index (κ3) is 5.97. The number of para-hydroxylation sites is 1. The lowest BCUT2D eigenvalue weighted by Gasteiger charge is -2.35. The molecular formula is C27H30ClF3N6O2. The molecule has 12 heteroatoms. The standard InChI is InChI=1S/C27H30ClF3N6O2/c1-16-11-19(27(29,30)31)12-23(34-16)37-22(7-8-24(37)38)26(39)36(3)21-6-4-5-20(28)25(21)35(2)15-17-9-10-33-14-18(17)13-32/h4-6,11-12,17-18,22,33H,7-10,14-15H2,1-3H3. The molecule has 0 radical (unpaired) electrons. The minimum atomic E-state index is -4.62. The van der Waals surface area contributed by atoms with E-state index in [9.17, 15) is 28.0 Å². The van der Waals surface area contributed by atoms with Gasteiger partial charge in [-0.15, -0.1) is 0 Å². The van der Waals surface area contributed by atoms with Gasteiger partial charge in [-0.2, -0.15) is 18.4 Å². The zero-order chi connectivity index (χ0) is 28.5. The van der Waals surface area contributed by atoms with E-state index < -0.39 is 29.6 Å². The minimum absolute atomic E-state index is 0.00872. The van der Waals surface area contributed by atoms with Gasteiger partial charge >= 0.3 is 6.18 Å². The first-order valence-electron chi connectivity index (χ1n) is 12.7. The largest absolute Gasteiger partial charge is 0.416 e. The van der Waals surface area contributed by atoms with Crippen LogP contribution >= 0.6 is 11.6 Å². The number of aryl methyl sites for hydroxylation is 1. The number of pyridine rings is 1. The van der Waals surface area contributed by atoms with Gasteiger partial charge in [0.25, 0.3) is 0 Å². The molecule has 1 aromatic carbocycles. The minimum Gasteiger partial charge on any atom is -0.371 e. The fourth-order valence-corrected chi connectivity index (χ4v) is 5.68. The van der Waals surface area contributed by atoms with E-state index in [-0.39, 0.29) is 36.2 Å². The van der Waals surface area contributed by atoms with E-state index in [1.54, 1.807) is 25.2 Å². The summed E-state index contributed by atoms with van der Waals surface area (Å²) in [4.78, 5) is 35.1. The highest BCUT2D eigenvalue weighted by molar-refractivity contribution is 6.34. The van der Waals surface area contributed by atoms with Crippen LogP contribution < -0.4 is 20.0 Å². The molecule has 39 heavy (non-hydrogen) atoms. The number of hydrogen-bond donors (Lipinski definition) is 1. The van der Waals surface area contributed by atoms with Gasteiger partial charge < -0.3 is 15.1 Å². The van der Waals surface area contributed by atoms with Crippen molar-refractivity contribution in [3.63, 3.8) is 0 Å². The molecule has 3 atom stereocenters. The van der Waals surface area contributed by atoms with Crippen molar-refractivity contribution < 1.29 is 22.8 Å². The number of rotatable bonds is 6. The highest BCUT2D eigenvalue weighted by atomic mass is 35.5. The second-order valence-corrected chi connectivity index (χ2v) is 10.5. The molecule has 1 aromatic heterocycles. The lowest BCUT2D eigenvalue weighted by Crippen LogP contribution is -2.46. The molecule has 0 spiro atoms. The van der Waals surface area contributed by atoms with E-state index in [1.807, 2.05) is 11.9 Å². The molecule has 4 rings (SSSR count). The summed E-state index contributed by atoms with van der Waals surface area (Å²) in [5, 5.41) is 13.2. The van der Waals surface area contributed by atoms with Crippen LogP contribution in [0.2, 0.25) is 5.02 Å². The predicted molar refractivity (Wildman–Crippen MR) is 143 cm³/mol. The van der Waals surface area contributed by atoms with E-state index >= 15 is 0 Å². The van der Waals surface area contributed by atoms with Crippen LogP contribution in [0.1, 0.15) is 30.5 Å². The van der Waals surface area contributed by atoms with E-state index in [1.165, 1.54) is 11.8 Å². The Kier molecular flexibility index (Phi) is 8.37. The molecule has 2 fully saturated rings. The monoisotopic (exact) mass is 562 g/mol. The van der Waals surface area contributed by atoms with Crippen LogP contribution in [0.5, 0.6) is 0 Å². The number of piperidine rings is 1. The molecule has 8 nitrogen and oxygen atoms in total. The molecule has 2 saturated heterocycles. The van der Waals surface area contributed by atoms with Gasteiger partial charge in [0.05, 0.1) is 33.9 Å². The number of nitriles is 1. The van der Waals surface area contributed by atoms with Crippen LogP contribution in [-0.2, 0) is 15.8 Å². The number of nitrogens with zero attached hydrogens (tertiary/aromatic N) is 5. The summed E-state index contributed by atoms with van der Waals surface area (Å²) >= 11 is 6.61. The first kappa shape index (κ1) is 28.6. The Balaban J connectivity index is 1.63. The predicted octanol–water partition coefficient (Wildman–Crippen LogP) is 4.41. The molecule has 0 saturated carbocycles. The van der Waals surface area contributed by atoms with Crippen molar-refractivity contribution in [2.75, 3.05) is 48.4 Å². The van der Waals surface area contributed by atoms with Crippen molar-refractivity contribution in [2.45, 2.75) is 38.4 Å². The van der Waals surface area contributed by atoms with Gasteiger partial charge in [-0.25, -0.2) is 4.98 Å². The number of likely N-dealkylation sites (N-methyl/N-ethyl adjacent to an activating group) is 1. The molecule has 3 heterocycles. The summed E-state index contributed by atoms with van der Waals surface area (Å²) in [5.74, 6) is -1.19. The molecule has 0 bridgehead atoms. The van der Waals surface area contributed by atoms with Crippen molar-refractivity contribution in [1.29, 1.82) is 5.26 Å². The lowest BCUT2D eigenvalue weighted by molar-refractivity contribution is -0.137. The van der Waals surface area contributed by atoms with Crippen LogP contribution in [0, 0.1) is 30.1 Å². The van der Waals surface area contributed by atoms with Crippen LogP contribution in [0.4, 0.5) is 30.4 Å². The van der Waals surface area contributed by atoms with E-state index in [2.05, 4.69) is 16.4 Å². The van der Waals surface area contributed by atoms with Crippen molar-refractivity contribution in [2.24, 2.45) is 11.8 Å². The van der Waals surface area contributed by atoms with E-state index in [4.69, 9.17) is 11.6 Å². The average molecular weight is 563 g/mol. The summed E-state index contributed by atoms with van der Waals surface area (Å²) in [6, 6.07) is 8.19. The van der Waals surface area contributed by atoms with Gasteiger partial charge in [-0.05, 0) is 56.5 Å². The number of carbonyl (C=O) groups is 2. The van der Waals surface area contributed by atoms with Crippen LogP contribution in [-0.4, -0.2) is 56.6 Å². The number of amides is 2. The topological polar surface area (TPSA) is 92.6 Å². The number of halogens is 4. The van der Waals surface area contributed by atoms with Gasteiger partial charge in [0.15, 0.2) is 0 Å². The smallest absolute Gasteiger partial charge is 0.371 e. The van der Waals surface area contributed by atoms with Crippen molar-refractivity contribution in [1.82, 2.24) is 10.3 Å².